The molecule has 3 nitrogen and oxygen atoms in total. The second-order valence-corrected chi connectivity index (χ2v) is 6.70. The number of hydrogen-bond donors (Lipinski definition) is 2. The Balaban J connectivity index is 2.36. The molecule has 0 bridgehead atoms. The summed E-state index contributed by atoms with van der Waals surface area (Å²) in [6.45, 7) is 10.8. The number of rotatable bonds is 6. The third kappa shape index (κ3) is 5.94. The van der Waals surface area contributed by atoms with Crippen molar-refractivity contribution in [3.63, 3.8) is 0 Å². The van der Waals surface area contributed by atoms with Gasteiger partial charge in [-0.25, -0.2) is 0 Å². The first-order valence-electron chi connectivity index (χ1n) is 7.98. The number of nitrogens with one attached hydrogen (secondary N) is 2. The Hall–Kier alpha value is -0.570. The van der Waals surface area contributed by atoms with Crippen LogP contribution in [0.25, 0.3) is 0 Å². The minimum atomic E-state index is -0.0817. The summed E-state index contributed by atoms with van der Waals surface area (Å²) in [5, 5.41) is 6.61. The molecule has 3 heteroatoms. The van der Waals surface area contributed by atoms with Gasteiger partial charge < -0.3 is 10.6 Å². The lowest BCUT2D eigenvalue weighted by Crippen LogP contribution is -2.50. The first-order chi connectivity index (χ1) is 8.92. The van der Waals surface area contributed by atoms with Crippen molar-refractivity contribution in [2.45, 2.75) is 84.8 Å². The molecule has 1 amide bonds. The van der Waals surface area contributed by atoms with Crippen LogP contribution in [0.4, 0.5) is 0 Å². The van der Waals surface area contributed by atoms with Crippen molar-refractivity contribution in [1.29, 1.82) is 0 Å². The van der Waals surface area contributed by atoms with Crippen molar-refractivity contribution in [2.75, 3.05) is 0 Å². The quantitative estimate of drug-likeness (QED) is 0.777. The van der Waals surface area contributed by atoms with E-state index in [1.807, 2.05) is 6.92 Å². The Bertz CT molecular complexity index is 270. The predicted molar refractivity (Wildman–Crippen MR) is 81.1 cm³/mol. The SMILES string of the molecule is CCCC(C)NC(=O)C(C)NC1CC(C)CC(C)C1. The Morgan fingerprint density at radius 2 is 1.74 bits per heavy atom. The van der Waals surface area contributed by atoms with Crippen LogP contribution in [-0.2, 0) is 4.79 Å². The highest BCUT2D eigenvalue weighted by atomic mass is 16.2. The lowest BCUT2D eigenvalue weighted by Gasteiger charge is -2.33. The van der Waals surface area contributed by atoms with E-state index in [9.17, 15) is 4.79 Å². The summed E-state index contributed by atoms with van der Waals surface area (Å²) in [7, 11) is 0. The van der Waals surface area contributed by atoms with Gasteiger partial charge in [0.25, 0.3) is 0 Å². The first kappa shape index (κ1) is 16.5. The summed E-state index contributed by atoms with van der Waals surface area (Å²) in [6.07, 6.45) is 5.89. The molecule has 1 aliphatic rings. The van der Waals surface area contributed by atoms with Crippen LogP contribution in [-0.4, -0.2) is 24.0 Å². The number of carbonyl (C=O) groups excluding carboxylic acids is 1. The molecule has 0 aromatic carbocycles. The second-order valence-electron chi connectivity index (χ2n) is 6.70. The lowest BCUT2D eigenvalue weighted by molar-refractivity contribution is -0.123. The molecule has 1 aliphatic carbocycles. The van der Waals surface area contributed by atoms with Crippen LogP contribution in [0.15, 0.2) is 0 Å². The van der Waals surface area contributed by atoms with Crippen molar-refractivity contribution < 1.29 is 4.79 Å². The highest BCUT2D eigenvalue weighted by molar-refractivity contribution is 5.81. The number of amides is 1. The number of hydrogen-bond acceptors (Lipinski definition) is 2. The Kier molecular flexibility index (Phi) is 6.84. The van der Waals surface area contributed by atoms with E-state index in [-0.39, 0.29) is 18.0 Å². The topological polar surface area (TPSA) is 41.1 Å². The van der Waals surface area contributed by atoms with Gasteiger partial charge in [-0.3, -0.25) is 4.79 Å². The molecule has 0 aliphatic heterocycles. The zero-order valence-corrected chi connectivity index (χ0v) is 13.3. The van der Waals surface area contributed by atoms with Crippen LogP contribution < -0.4 is 10.6 Å². The van der Waals surface area contributed by atoms with Crippen molar-refractivity contribution >= 4 is 5.91 Å². The molecule has 0 aromatic heterocycles. The fraction of sp³-hybridized carbons (Fsp3) is 0.938. The van der Waals surface area contributed by atoms with E-state index in [1.54, 1.807) is 0 Å². The Labute approximate surface area is 118 Å². The zero-order valence-electron chi connectivity index (χ0n) is 13.3. The fourth-order valence-corrected chi connectivity index (χ4v) is 3.39. The molecule has 2 N–H and O–H groups in total. The van der Waals surface area contributed by atoms with Gasteiger partial charge in [0.15, 0.2) is 0 Å². The van der Waals surface area contributed by atoms with Crippen LogP contribution in [0, 0.1) is 11.8 Å². The highest BCUT2D eigenvalue weighted by Gasteiger charge is 2.26. The summed E-state index contributed by atoms with van der Waals surface area (Å²) in [4.78, 5) is 12.1. The van der Waals surface area contributed by atoms with Gasteiger partial charge in [0.1, 0.15) is 0 Å². The van der Waals surface area contributed by atoms with Gasteiger partial charge >= 0.3 is 0 Å². The maximum Gasteiger partial charge on any atom is 0.237 e. The predicted octanol–water partition coefficient (Wildman–Crippen LogP) is 3.09. The molecular formula is C16H32N2O. The van der Waals surface area contributed by atoms with E-state index in [0.717, 1.165) is 24.7 Å². The molecule has 0 aromatic rings. The van der Waals surface area contributed by atoms with Crippen LogP contribution in [0.1, 0.15) is 66.7 Å². The summed E-state index contributed by atoms with van der Waals surface area (Å²) in [6, 6.07) is 0.703. The minimum absolute atomic E-state index is 0.0817. The monoisotopic (exact) mass is 268 g/mol. The molecule has 1 rings (SSSR count). The third-order valence-corrected chi connectivity index (χ3v) is 4.17. The summed E-state index contributed by atoms with van der Waals surface area (Å²) in [5.74, 6) is 1.69. The molecular weight excluding hydrogens is 236 g/mol. The van der Waals surface area contributed by atoms with Crippen molar-refractivity contribution in [2.24, 2.45) is 11.8 Å². The molecule has 19 heavy (non-hydrogen) atoms. The average molecular weight is 268 g/mol. The van der Waals surface area contributed by atoms with Gasteiger partial charge in [-0.05, 0) is 51.4 Å². The van der Waals surface area contributed by atoms with Crippen LogP contribution in [0.5, 0.6) is 0 Å². The molecule has 0 heterocycles. The lowest BCUT2D eigenvalue weighted by atomic mass is 9.80. The molecule has 0 saturated heterocycles. The molecule has 0 spiro atoms. The van der Waals surface area contributed by atoms with Gasteiger partial charge in [0, 0.05) is 12.1 Å². The van der Waals surface area contributed by atoms with Gasteiger partial charge in [0.2, 0.25) is 5.91 Å². The molecule has 1 saturated carbocycles. The molecule has 4 unspecified atom stereocenters. The normalized spacial score (nSPS) is 30.7. The highest BCUT2D eigenvalue weighted by Crippen LogP contribution is 2.28. The van der Waals surface area contributed by atoms with Crippen molar-refractivity contribution in [1.82, 2.24) is 10.6 Å². The summed E-state index contributed by atoms with van der Waals surface area (Å²) in [5.41, 5.74) is 0. The van der Waals surface area contributed by atoms with E-state index in [2.05, 4.69) is 38.3 Å². The molecule has 4 atom stereocenters. The maximum atomic E-state index is 12.1. The maximum absolute atomic E-state index is 12.1. The standard InChI is InChI=1S/C16H32N2O/c1-6-7-13(4)17-16(19)14(5)18-15-9-11(2)8-12(3)10-15/h11-15,18H,6-10H2,1-5H3,(H,17,19). The van der Waals surface area contributed by atoms with E-state index in [1.165, 1.54) is 19.3 Å². The van der Waals surface area contributed by atoms with Gasteiger partial charge in [-0.1, -0.05) is 27.2 Å². The third-order valence-electron chi connectivity index (χ3n) is 4.17. The minimum Gasteiger partial charge on any atom is -0.352 e. The van der Waals surface area contributed by atoms with E-state index in [0.29, 0.717) is 6.04 Å². The first-order valence-corrected chi connectivity index (χ1v) is 7.98. The Morgan fingerprint density at radius 1 is 1.16 bits per heavy atom. The smallest absolute Gasteiger partial charge is 0.237 e. The van der Waals surface area contributed by atoms with E-state index < -0.39 is 0 Å². The van der Waals surface area contributed by atoms with Crippen molar-refractivity contribution in [3.05, 3.63) is 0 Å². The van der Waals surface area contributed by atoms with Gasteiger partial charge in [0.05, 0.1) is 6.04 Å². The fourth-order valence-electron chi connectivity index (χ4n) is 3.39. The van der Waals surface area contributed by atoms with Crippen LogP contribution >= 0.6 is 0 Å². The zero-order chi connectivity index (χ0) is 14.4. The summed E-state index contributed by atoms with van der Waals surface area (Å²) >= 11 is 0. The Morgan fingerprint density at radius 3 is 2.26 bits per heavy atom. The number of carbonyl (C=O) groups is 1. The average Bonchev–Trinajstić information content (AvgIpc) is 2.27. The molecule has 1 fully saturated rings. The van der Waals surface area contributed by atoms with E-state index in [4.69, 9.17) is 0 Å². The van der Waals surface area contributed by atoms with Gasteiger partial charge in [-0.2, -0.15) is 0 Å². The van der Waals surface area contributed by atoms with E-state index >= 15 is 0 Å². The molecule has 0 radical (unpaired) electrons. The molecule has 112 valence electrons. The van der Waals surface area contributed by atoms with Gasteiger partial charge in [-0.15, -0.1) is 0 Å². The van der Waals surface area contributed by atoms with Crippen LogP contribution in [0.3, 0.4) is 0 Å². The second kappa shape index (κ2) is 7.88. The van der Waals surface area contributed by atoms with Crippen molar-refractivity contribution in [3.8, 4) is 0 Å². The largest absolute Gasteiger partial charge is 0.352 e. The summed E-state index contributed by atoms with van der Waals surface area (Å²) < 4.78 is 0. The van der Waals surface area contributed by atoms with Crippen LogP contribution in [0.2, 0.25) is 0 Å².